The van der Waals surface area contributed by atoms with Gasteiger partial charge >= 0.3 is 0 Å². The molecule has 34 heavy (non-hydrogen) atoms. The van der Waals surface area contributed by atoms with Crippen LogP contribution in [0, 0.1) is 0 Å². The Bertz CT molecular complexity index is 1530. The topological polar surface area (TPSA) is 79.8 Å². The molecule has 0 bridgehead atoms. The third kappa shape index (κ3) is 3.36. The molecule has 1 unspecified atom stereocenters. The summed E-state index contributed by atoms with van der Waals surface area (Å²) in [7, 11) is 1.88. The van der Waals surface area contributed by atoms with Crippen LogP contribution in [-0.2, 0) is 7.05 Å². The zero-order chi connectivity index (χ0) is 23.2. The molecule has 2 atom stereocenters. The van der Waals surface area contributed by atoms with Crippen molar-refractivity contribution in [1.29, 1.82) is 0 Å². The largest absolute Gasteiger partial charge is 0.362 e. The van der Waals surface area contributed by atoms with Crippen LogP contribution in [-0.4, -0.2) is 38.0 Å². The number of aromatic nitrogens is 3. The number of hydrogen-bond donors (Lipinski definition) is 1. The molecule has 8 nitrogen and oxygen atoms in total. The lowest BCUT2D eigenvalue weighted by molar-refractivity contribution is 0.270. The van der Waals surface area contributed by atoms with Gasteiger partial charge in [0.1, 0.15) is 12.0 Å². The lowest BCUT2D eigenvalue weighted by Crippen LogP contribution is -2.37. The van der Waals surface area contributed by atoms with Crippen LogP contribution in [0.15, 0.2) is 81.0 Å². The Morgan fingerprint density at radius 3 is 2.88 bits per heavy atom. The van der Waals surface area contributed by atoms with Crippen molar-refractivity contribution in [3.8, 4) is 16.8 Å². The number of allylic oxidation sites excluding steroid dienone is 1. The van der Waals surface area contributed by atoms with Gasteiger partial charge in [-0.2, -0.15) is 10.2 Å². The highest BCUT2D eigenvalue weighted by Crippen LogP contribution is 2.34. The first-order chi connectivity index (χ1) is 16.6. The summed E-state index contributed by atoms with van der Waals surface area (Å²) in [5.41, 5.74) is 3.53. The number of fused-ring (bicyclic) bond motifs is 2. The number of hydrazone groups is 1. The average Bonchev–Trinajstić information content (AvgIpc) is 3.59. The number of hydrogen-bond acceptors (Lipinski definition) is 7. The predicted octanol–water partition coefficient (Wildman–Crippen LogP) is 4.05. The molecule has 1 N–H and O–H groups in total. The van der Waals surface area contributed by atoms with Crippen molar-refractivity contribution < 1.29 is 0 Å². The number of benzene rings is 1. The Morgan fingerprint density at radius 2 is 2.09 bits per heavy atom. The van der Waals surface area contributed by atoms with E-state index in [9.17, 15) is 4.79 Å². The van der Waals surface area contributed by atoms with Gasteiger partial charge in [0.15, 0.2) is 0 Å². The lowest BCUT2D eigenvalue weighted by atomic mass is 10.1. The highest BCUT2D eigenvalue weighted by molar-refractivity contribution is 7.17. The molecule has 0 radical (unpaired) electrons. The monoisotopic (exact) mass is 469 g/mol. The van der Waals surface area contributed by atoms with Crippen LogP contribution >= 0.6 is 11.3 Å². The summed E-state index contributed by atoms with van der Waals surface area (Å²) < 4.78 is 4.52. The van der Waals surface area contributed by atoms with Gasteiger partial charge in [0.25, 0.3) is 5.56 Å². The zero-order valence-corrected chi connectivity index (χ0v) is 19.6. The first-order valence-corrected chi connectivity index (χ1v) is 12.0. The van der Waals surface area contributed by atoms with Crippen LogP contribution in [0.3, 0.4) is 0 Å². The third-order valence-electron chi connectivity index (χ3n) is 6.15. The van der Waals surface area contributed by atoms with Gasteiger partial charge in [-0.25, -0.2) is 5.01 Å². The van der Waals surface area contributed by atoms with E-state index in [0.29, 0.717) is 5.39 Å². The number of pyridine rings is 1. The average molecular weight is 470 g/mol. The van der Waals surface area contributed by atoms with Gasteiger partial charge in [-0.1, -0.05) is 18.2 Å². The van der Waals surface area contributed by atoms with Crippen LogP contribution < -0.4 is 10.9 Å². The molecule has 6 rings (SSSR count). The van der Waals surface area contributed by atoms with Gasteiger partial charge in [-0.15, -0.1) is 11.3 Å². The van der Waals surface area contributed by atoms with E-state index in [4.69, 9.17) is 0 Å². The molecule has 2 aliphatic heterocycles. The highest BCUT2D eigenvalue weighted by atomic mass is 32.1. The van der Waals surface area contributed by atoms with E-state index in [-0.39, 0.29) is 17.8 Å². The molecule has 4 aromatic rings. The van der Waals surface area contributed by atoms with Crippen molar-refractivity contribution in [2.75, 3.05) is 0 Å². The molecule has 3 aromatic heterocycles. The van der Waals surface area contributed by atoms with Crippen molar-refractivity contribution in [1.82, 2.24) is 24.7 Å². The summed E-state index contributed by atoms with van der Waals surface area (Å²) in [4.78, 5) is 18.5. The molecule has 0 amide bonds. The molecule has 170 valence electrons. The fraction of sp³-hybridized carbons (Fsp3) is 0.200. The molecule has 0 saturated heterocycles. The van der Waals surface area contributed by atoms with Crippen molar-refractivity contribution >= 4 is 33.9 Å². The van der Waals surface area contributed by atoms with Crippen molar-refractivity contribution in [2.45, 2.75) is 25.6 Å². The van der Waals surface area contributed by atoms with Gasteiger partial charge in [0.2, 0.25) is 0 Å². The smallest absolute Gasteiger partial charge is 0.264 e. The quantitative estimate of drug-likeness (QED) is 0.478. The van der Waals surface area contributed by atoms with E-state index in [1.54, 1.807) is 22.2 Å². The molecule has 0 saturated carbocycles. The van der Waals surface area contributed by atoms with Crippen LogP contribution in [0.1, 0.15) is 25.1 Å². The van der Waals surface area contributed by atoms with Gasteiger partial charge in [-0.3, -0.25) is 19.0 Å². The summed E-state index contributed by atoms with van der Waals surface area (Å²) in [6, 6.07) is 11.8. The van der Waals surface area contributed by atoms with Crippen LogP contribution in [0.25, 0.3) is 26.9 Å². The zero-order valence-electron chi connectivity index (χ0n) is 18.8. The van der Waals surface area contributed by atoms with Crippen LogP contribution in [0.5, 0.6) is 0 Å². The van der Waals surface area contributed by atoms with Crippen LogP contribution in [0.2, 0.25) is 0 Å². The summed E-state index contributed by atoms with van der Waals surface area (Å²) in [6.07, 6.45) is 10.1. The maximum Gasteiger partial charge on any atom is 0.264 e. The van der Waals surface area contributed by atoms with Crippen LogP contribution in [0.4, 0.5) is 0 Å². The first-order valence-electron chi connectivity index (χ1n) is 11.1. The minimum Gasteiger partial charge on any atom is -0.362 e. The molecule has 9 heteroatoms. The van der Waals surface area contributed by atoms with Crippen molar-refractivity contribution in [3.05, 3.63) is 82.1 Å². The lowest BCUT2D eigenvalue weighted by Gasteiger charge is -2.29. The van der Waals surface area contributed by atoms with E-state index < -0.39 is 0 Å². The molecule has 5 heterocycles. The number of para-hydroxylation sites is 1. The Balaban J connectivity index is 1.50. The number of thiophene rings is 1. The molecule has 0 fully saturated rings. The summed E-state index contributed by atoms with van der Waals surface area (Å²) >= 11 is 1.58. The summed E-state index contributed by atoms with van der Waals surface area (Å²) in [5, 5.41) is 17.0. The minimum atomic E-state index is -0.157. The second-order valence-corrected chi connectivity index (χ2v) is 9.32. The van der Waals surface area contributed by atoms with E-state index in [2.05, 4.69) is 33.5 Å². The fourth-order valence-corrected chi connectivity index (χ4v) is 5.52. The number of aryl methyl sites for hydroxylation is 1. The van der Waals surface area contributed by atoms with E-state index in [1.807, 2.05) is 77.0 Å². The number of rotatable bonds is 5. The van der Waals surface area contributed by atoms with Gasteiger partial charge < -0.3 is 5.32 Å². The Hall–Kier alpha value is -3.98. The molecular weight excluding hydrogens is 446 g/mol. The maximum atomic E-state index is 14.0. The van der Waals surface area contributed by atoms with Gasteiger partial charge in [0.05, 0.1) is 17.6 Å². The molecule has 2 aliphatic rings. The Kier molecular flexibility index (Phi) is 4.91. The van der Waals surface area contributed by atoms with Gasteiger partial charge in [0, 0.05) is 64.7 Å². The number of nitrogens with one attached hydrogen (secondary N) is 1. The van der Waals surface area contributed by atoms with Crippen molar-refractivity contribution in [3.63, 3.8) is 0 Å². The number of aliphatic imine (C=N–C) groups is 1. The second-order valence-electron chi connectivity index (χ2n) is 8.41. The second kappa shape index (κ2) is 8.11. The third-order valence-corrected chi connectivity index (χ3v) is 7.08. The molecule has 0 aliphatic carbocycles. The first kappa shape index (κ1) is 20.6. The summed E-state index contributed by atoms with van der Waals surface area (Å²) in [5.74, 6) is 0.871. The number of nitrogens with zero attached hydrogens (tertiary/aromatic N) is 6. The standard InChI is InChI=1S/C25H23N7OS/c1-16(29-23-8-10-26-22-9-11-27-32(22)23)20-12-21-24(19(15-34-21)17-13-28-30(2)14-17)25(33)31(20)18-6-4-3-5-7-18/h3-8,10-16,22,29H,9H2,1-2H3/t16-,22?/m0/s1. The Morgan fingerprint density at radius 1 is 1.24 bits per heavy atom. The van der Waals surface area contributed by atoms with E-state index >= 15 is 0 Å². The van der Waals surface area contributed by atoms with E-state index in [1.165, 1.54) is 0 Å². The molecular formula is C25H23N7OS. The molecule has 1 aromatic carbocycles. The normalized spacial score (nSPS) is 17.8. The SMILES string of the molecule is C[C@H](NC1=CC=NC2CC=NN12)c1cc2scc(-c3cnn(C)c3)c2c(=O)n1-c1ccccc1. The van der Waals surface area contributed by atoms with Crippen molar-refractivity contribution in [2.24, 2.45) is 17.1 Å². The molecule has 0 spiro atoms. The summed E-state index contributed by atoms with van der Waals surface area (Å²) in [6.45, 7) is 2.07. The van der Waals surface area contributed by atoms with E-state index in [0.717, 1.165) is 39.4 Å². The van der Waals surface area contributed by atoms with Gasteiger partial charge in [-0.05, 0) is 31.2 Å². The highest BCUT2D eigenvalue weighted by Gasteiger charge is 2.27. The Labute approximate surface area is 200 Å². The fourth-order valence-electron chi connectivity index (χ4n) is 4.51. The maximum absolute atomic E-state index is 14.0. The predicted molar refractivity (Wildman–Crippen MR) is 136 cm³/mol. The minimum absolute atomic E-state index is 0.00201.